The van der Waals surface area contributed by atoms with Crippen LogP contribution in [0.5, 0.6) is 0 Å². The molecule has 7 nitrogen and oxygen atoms in total. The Morgan fingerprint density at radius 2 is 2.12 bits per heavy atom. The molecule has 1 aromatic carbocycles. The van der Waals surface area contributed by atoms with Gasteiger partial charge in [-0.15, -0.1) is 10.2 Å². The number of aryl methyl sites for hydroxylation is 1. The molecule has 0 unspecified atom stereocenters. The van der Waals surface area contributed by atoms with Crippen LogP contribution in [0.15, 0.2) is 24.3 Å². The van der Waals surface area contributed by atoms with E-state index in [1.54, 1.807) is 12.0 Å². The number of hydrogen-bond donors (Lipinski definition) is 1. The second-order valence-electron chi connectivity index (χ2n) is 5.66. The van der Waals surface area contributed by atoms with E-state index in [2.05, 4.69) is 15.5 Å². The minimum absolute atomic E-state index is 0.0451. The summed E-state index contributed by atoms with van der Waals surface area (Å²) < 4.78 is 4.98. The zero-order valence-corrected chi connectivity index (χ0v) is 14.3. The Kier molecular flexibility index (Phi) is 4.86. The van der Waals surface area contributed by atoms with Gasteiger partial charge in [0.15, 0.2) is 0 Å². The summed E-state index contributed by atoms with van der Waals surface area (Å²) >= 11 is 1.27. The maximum Gasteiger partial charge on any atom is 0.231 e. The van der Waals surface area contributed by atoms with Crippen LogP contribution in [-0.2, 0) is 20.9 Å². The summed E-state index contributed by atoms with van der Waals surface area (Å²) in [5, 5.41) is 11.7. The Morgan fingerprint density at radius 3 is 2.83 bits per heavy atom. The minimum Gasteiger partial charge on any atom is -0.377 e. The highest BCUT2D eigenvalue weighted by Crippen LogP contribution is 2.26. The van der Waals surface area contributed by atoms with E-state index in [1.807, 2.05) is 31.2 Å². The summed E-state index contributed by atoms with van der Waals surface area (Å²) in [6.45, 7) is 2.72. The number of ether oxygens (including phenoxy) is 1. The van der Waals surface area contributed by atoms with E-state index in [1.165, 1.54) is 11.3 Å². The van der Waals surface area contributed by atoms with Gasteiger partial charge in [0.25, 0.3) is 0 Å². The van der Waals surface area contributed by atoms with Crippen LogP contribution in [0.25, 0.3) is 0 Å². The van der Waals surface area contributed by atoms with Crippen LogP contribution in [0.2, 0.25) is 0 Å². The van der Waals surface area contributed by atoms with Gasteiger partial charge in [-0.3, -0.25) is 9.59 Å². The molecule has 0 radical (unpaired) electrons. The topological polar surface area (TPSA) is 84.4 Å². The van der Waals surface area contributed by atoms with Crippen LogP contribution in [-0.4, -0.2) is 35.7 Å². The van der Waals surface area contributed by atoms with Crippen molar-refractivity contribution < 1.29 is 14.3 Å². The maximum atomic E-state index is 12.4. The molecule has 0 aliphatic carbocycles. The van der Waals surface area contributed by atoms with Crippen molar-refractivity contribution in [3.05, 3.63) is 34.8 Å². The number of amides is 2. The molecule has 0 bridgehead atoms. The summed E-state index contributed by atoms with van der Waals surface area (Å²) in [7, 11) is 1.57. The average Bonchev–Trinajstić information content (AvgIpc) is 3.15. The molecular weight excluding hydrogens is 328 g/mol. The Balaban J connectivity index is 1.64. The van der Waals surface area contributed by atoms with Gasteiger partial charge in [0.2, 0.25) is 16.9 Å². The molecule has 24 heavy (non-hydrogen) atoms. The van der Waals surface area contributed by atoms with Gasteiger partial charge in [-0.2, -0.15) is 0 Å². The number of methoxy groups -OCH3 is 1. The predicted octanol–water partition coefficient (Wildman–Crippen LogP) is 1.98. The number of carbonyl (C=O) groups is 2. The normalized spacial score (nSPS) is 17.3. The predicted molar refractivity (Wildman–Crippen MR) is 90.9 cm³/mol. The van der Waals surface area contributed by atoms with Gasteiger partial charge in [0.05, 0.1) is 5.92 Å². The highest BCUT2D eigenvalue weighted by Gasteiger charge is 2.35. The zero-order valence-electron chi connectivity index (χ0n) is 13.5. The third-order valence-electron chi connectivity index (χ3n) is 3.81. The van der Waals surface area contributed by atoms with Crippen molar-refractivity contribution >= 4 is 34.0 Å². The fraction of sp³-hybridized carbons (Fsp3) is 0.375. The van der Waals surface area contributed by atoms with Crippen LogP contribution in [0.4, 0.5) is 10.8 Å². The summed E-state index contributed by atoms with van der Waals surface area (Å²) in [4.78, 5) is 26.2. The van der Waals surface area contributed by atoms with Crippen LogP contribution in [0.1, 0.15) is 17.0 Å². The van der Waals surface area contributed by atoms with Crippen molar-refractivity contribution in [2.24, 2.45) is 5.92 Å². The van der Waals surface area contributed by atoms with E-state index in [0.717, 1.165) is 11.3 Å². The molecule has 1 aliphatic heterocycles. The molecule has 0 saturated carbocycles. The number of nitrogens with zero attached hydrogens (tertiary/aromatic N) is 3. The minimum atomic E-state index is -0.395. The van der Waals surface area contributed by atoms with E-state index in [0.29, 0.717) is 23.3 Å². The second kappa shape index (κ2) is 7.06. The number of hydrogen-bond acceptors (Lipinski definition) is 6. The molecule has 1 N–H and O–H groups in total. The first-order chi connectivity index (χ1) is 11.6. The summed E-state index contributed by atoms with van der Waals surface area (Å²) in [6.07, 6.45) is 0.198. The van der Waals surface area contributed by atoms with Gasteiger partial charge in [-0.25, -0.2) is 0 Å². The van der Waals surface area contributed by atoms with Crippen molar-refractivity contribution in [2.45, 2.75) is 20.0 Å². The lowest BCUT2D eigenvalue weighted by Crippen LogP contribution is -2.28. The first-order valence-corrected chi connectivity index (χ1v) is 8.37. The number of anilines is 2. The van der Waals surface area contributed by atoms with Crippen LogP contribution in [0, 0.1) is 12.8 Å². The number of aromatic nitrogens is 2. The molecule has 1 saturated heterocycles. The van der Waals surface area contributed by atoms with Gasteiger partial charge >= 0.3 is 0 Å². The van der Waals surface area contributed by atoms with Gasteiger partial charge in [0, 0.05) is 25.8 Å². The Labute approximate surface area is 143 Å². The van der Waals surface area contributed by atoms with Gasteiger partial charge in [-0.1, -0.05) is 29.0 Å². The second-order valence-corrected chi connectivity index (χ2v) is 6.73. The smallest absolute Gasteiger partial charge is 0.231 e. The quantitative estimate of drug-likeness (QED) is 0.895. The molecule has 2 aromatic rings. The van der Waals surface area contributed by atoms with Crippen molar-refractivity contribution in [2.75, 3.05) is 23.9 Å². The summed E-state index contributed by atoms with van der Waals surface area (Å²) in [6, 6.07) is 7.70. The molecule has 2 amide bonds. The Bertz CT molecular complexity index is 744. The Morgan fingerprint density at radius 1 is 1.38 bits per heavy atom. The SMILES string of the molecule is COCc1nnc(NC(=O)[C@@H]2CC(=O)N(c3ccc(C)cc3)C2)s1. The molecule has 3 rings (SSSR count). The molecule has 126 valence electrons. The first kappa shape index (κ1) is 16.5. The molecular formula is C16H18N4O3S. The van der Waals surface area contributed by atoms with Crippen LogP contribution in [0.3, 0.4) is 0 Å². The third kappa shape index (κ3) is 3.60. The van der Waals surface area contributed by atoms with Crippen molar-refractivity contribution in [3.63, 3.8) is 0 Å². The highest BCUT2D eigenvalue weighted by atomic mass is 32.1. The number of rotatable bonds is 5. The fourth-order valence-electron chi connectivity index (χ4n) is 2.55. The van der Waals surface area contributed by atoms with Crippen molar-refractivity contribution in [1.29, 1.82) is 0 Å². The standard InChI is InChI=1S/C16H18N4O3S/c1-10-3-5-12(6-4-10)20-8-11(7-14(20)21)15(22)17-16-19-18-13(24-16)9-23-2/h3-6,11H,7-9H2,1-2H3,(H,17,19,22)/t11-/m1/s1. The van der Waals surface area contributed by atoms with E-state index in [-0.39, 0.29) is 18.2 Å². The Hall–Kier alpha value is -2.32. The fourth-order valence-corrected chi connectivity index (χ4v) is 3.27. The summed E-state index contributed by atoms with van der Waals surface area (Å²) in [5.41, 5.74) is 1.95. The lowest BCUT2D eigenvalue weighted by Gasteiger charge is -2.16. The molecule has 1 fully saturated rings. The largest absolute Gasteiger partial charge is 0.377 e. The van der Waals surface area contributed by atoms with E-state index in [9.17, 15) is 9.59 Å². The number of nitrogens with one attached hydrogen (secondary N) is 1. The van der Waals surface area contributed by atoms with Crippen LogP contribution >= 0.6 is 11.3 Å². The third-order valence-corrected chi connectivity index (χ3v) is 4.62. The molecule has 1 aliphatic rings. The summed E-state index contributed by atoms with van der Waals surface area (Å²) in [5.74, 6) is -0.650. The van der Waals surface area contributed by atoms with E-state index >= 15 is 0 Å². The first-order valence-electron chi connectivity index (χ1n) is 7.56. The average molecular weight is 346 g/mol. The molecule has 2 heterocycles. The molecule has 8 heteroatoms. The van der Waals surface area contributed by atoms with Crippen LogP contribution < -0.4 is 10.2 Å². The zero-order chi connectivity index (χ0) is 17.1. The highest BCUT2D eigenvalue weighted by molar-refractivity contribution is 7.15. The molecule has 0 spiro atoms. The van der Waals surface area contributed by atoms with Crippen molar-refractivity contribution in [3.8, 4) is 0 Å². The molecule has 1 atom stereocenters. The number of carbonyl (C=O) groups excluding carboxylic acids is 2. The van der Waals surface area contributed by atoms with E-state index < -0.39 is 5.92 Å². The lowest BCUT2D eigenvalue weighted by molar-refractivity contribution is -0.122. The van der Waals surface area contributed by atoms with Gasteiger partial charge in [-0.05, 0) is 19.1 Å². The van der Waals surface area contributed by atoms with Gasteiger partial charge < -0.3 is 15.0 Å². The molecule has 1 aromatic heterocycles. The van der Waals surface area contributed by atoms with Crippen molar-refractivity contribution in [1.82, 2.24) is 10.2 Å². The lowest BCUT2D eigenvalue weighted by atomic mass is 10.1. The maximum absolute atomic E-state index is 12.4. The van der Waals surface area contributed by atoms with E-state index in [4.69, 9.17) is 4.74 Å². The number of benzene rings is 1. The van der Waals surface area contributed by atoms with Gasteiger partial charge in [0.1, 0.15) is 11.6 Å². The monoisotopic (exact) mass is 346 g/mol.